The van der Waals surface area contributed by atoms with E-state index in [9.17, 15) is 24.5 Å². The predicted molar refractivity (Wildman–Crippen MR) is 198 cm³/mol. The number of aliphatic hydroxyl groups is 2. The molecular formula is C38H77N2O7P. The van der Waals surface area contributed by atoms with Gasteiger partial charge in [0.1, 0.15) is 19.3 Å². The number of likely N-dealkylation sites (N-methyl/N-ethyl adjacent to an activating group) is 1. The Morgan fingerprint density at radius 2 is 1.19 bits per heavy atom. The fourth-order valence-electron chi connectivity index (χ4n) is 5.60. The van der Waals surface area contributed by atoms with E-state index in [1.54, 1.807) is 0 Å². The molecule has 286 valence electrons. The lowest BCUT2D eigenvalue weighted by Crippen LogP contribution is -2.51. The summed E-state index contributed by atoms with van der Waals surface area (Å²) in [6, 6.07) is -1.07. The minimum absolute atomic E-state index is 0.0410. The number of quaternary nitrogens is 1. The Bertz CT molecular complexity index is 821. The molecule has 0 aliphatic heterocycles. The molecule has 0 fully saturated rings. The Kier molecular flexibility index (Phi) is 30.5. The summed E-state index contributed by atoms with van der Waals surface area (Å²) >= 11 is 0. The Labute approximate surface area is 295 Å². The largest absolute Gasteiger partial charge is 0.756 e. The van der Waals surface area contributed by atoms with E-state index in [4.69, 9.17) is 9.05 Å². The number of hydrogen-bond acceptors (Lipinski definition) is 7. The molecular weight excluding hydrogens is 627 g/mol. The standard InChI is InChI=1S/C38H77N2O7P/c1-6-8-10-12-14-16-18-20-22-24-26-28-30-36(41)38(43)35(34-47-48(44,45)46-33-32-40(3,4)5)39-37(42)31-29-27-25-23-21-19-17-15-13-11-9-7-2/h15,17,35-36,38,41,43H,6-14,16,18-34H2,1-5H3,(H-,39,42,44,45)/b17-15-. The van der Waals surface area contributed by atoms with E-state index in [2.05, 4.69) is 31.3 Å². The number of hydrogen-bond donors (Lipinski definition) is 3. The van der Waals surface area contributed by atoms with Gasteiger partial charge in [-0.2, -0.15) is 0 Å². The molecule has 9 nitrogen and oxygen atoms in total. The minimum atomic E-state index is -4.65. The van der Waals surface area contributed by atoms with Gasteiger partial charge in [0.05, 0.1) is 39.9 Å². The van der Waals surface area contributed by atoms with Gasteiger partial charge >= 0.3 is 0 Å². The molecule has 3 N–H and O–H groups in total. The SMILES string of the molecule is CCCCC/C=C\CCCCCCCC(=O)NC(COP(=O)([O-])OCC[N+](C)(C)C)C(O)C(O)CCCCCCCCCCCCCC. The summed E-state index contributed by atoms with van der Waals surface area (Å²) in [4.78, 5) is 25.2. The average Bonchev–Trinajstić information content (AvgIpc) is 3.02. The van der Waals surface area contributed by atoms with Crippen LogP contribution in [-0.2, 0) is 18.4 Å². The fourth-order valence-corrected chi connectivity index (χ4v) is 6.32. The van der Waals surface area contributed by atoms with Crippen LogP contribution in [0.5, 0.6) is 0 Å². The van der Waals surface area contributed by atoms with Crippen molar-refractivity contribution in [2.75, 3.05) is 40.9 Å². The van der Waals surface area contributed by atoms with Crippen LogP contribution in [0.3, 0.4) is 0 Å². The molecule has 0 aromatic carbocycles. The molecule has 0 bridgehead atoms. The predicted octanol–water partition coefficient (Wildman–Crippen LogP) is 8.36. The molecule has 0 rings (SSSR count). The van der Waals surface area contributed by atoms with Gasteiger partial charge in [-0.15, -0.1) is 0 Å². The van der Waals surface area contributed by atoms with Crippen LogP contribution in [0.2, 0.25) is 0 Å². The Morgan fingerprint density at radius 1 is 0.729 bits per heavy atom. The number of nitrogens with zero attached hydrogens (tertiary/aromatic N) is 1. The van der Waals surface area contributed by atoms with Crippen LogP contribution in [0.25, 0.3) is 0 Å². The number of carbonyl (C=O) groups excluding carboxylic acids is 1. The molecule has 0 radical (unpaired) electrons. The summed E-state index contributed by atoms with van der Waals surface area (Å²) in [7, 11) is 1.12. The number of phosphoric ester groups is 1. The van der Waals surface area contributed by atoms with E-state index < -0.39 is 32.7 Å². The van der Waals surface area contributed by atoms with Crippen molar-refractivity contribution < 1.29 is 38.0 Å². The van der Waals surface area contributed by atoms with Crippen molar-refractivity contribution in [2.45, 2.75) is 186 Å². The minimum Gasteiger partial charge on any atom is -0.756 e. The number of carbonyl (C=O) groups is 1. The molecule has 48 heavy (non-hydrogen) atoms. The second-order valence-electron chi connectivity index (χ2n) is 14.8. The first kappa shape index (κ1) is 47.2. The number of phosphoric acid groups is 1. The van der Waals surface area contributed by atoms with E-state index in [0.29, 0.717) is 23.9 Å². The maximum Gasteiger partial charge on any atom is 0.268 e. The fraction of sp³-hybridized carbons (Fsp3) is 0.921. The Hall–Kier alpha value is -0.800. The van der Waals surface area contributed by atoms with Crippen molar-refractivity contribution in [2.24, 2.45) is 0 Å². The monoisotopic (exact) mass is 705 g/mol. The highest BCUT2D eigenvalue weighted by molar-refractivity contribution is 7.45. The zero-order valence-electron chi connectivity index (χ0n) is 31.8. The second-order valence-corrected chi connectivity index (χ2v) is 16.2. The number of nitrogens with one attached hydrogen (secondary N) is 1. The highest BCUT2D eigenvalue weighted by Gasteiger charge is 2.29. The van der Waals surface area contributed by atoms with Gasteiger partial charge in [-0.3, -0.25) is 9.36 Å². The van der Waals surface area contributed by atoms with Gasteiger partial charge in [0.15, 0.2) is 0 Å². The molecule has 1 amide bonds. The van der Waals surface area contributed by atoms with Gasteiger partial charge in [0, 0.05) is 6.42 Å². The number of aliphatic hydroxyl groups excluding tert-OH is 2. The van der Waals surface area contributed by atoms with Crippen LogP contribution in [0.4, 0.5) is 0 Å². The van der Waals surface area contributed by atoms with Gasteiger partial charge in [-0.25, -0.2) is 0 Å². The summed E-state index contributed by atoms with van der Waals surface area (Å²) in [6.07, 6.45) is 28.1. The third-order valence-electron chi connectivity index (χ3n) is 8.85. The van der Waals surface area contributed by atoms with Crippen molar-refractivity contribution in [3.05, 3.63) is 12.2 Å². The Balaban J connectivity index is 4.62. The van der Waals surface area contributed by atoms with Crippen molar-refractivity contribution >= 4 is 13.7 Å². The molecule has 0 aromatic rings. The summed E-state index contributed by atoms with van der Waals surface area (Å²) in [5.41, 5.74) is 0. The van der Waals surface area contributed by atoms with Crippen LogP contribution >= 0.6 is 7.82 Å². The molecule has 0 aliphatic carbocycles. The molecule has 0 saturated heterocycles. The zero-order valence-corrected chi connectivity index (χ0v) is 32.7. The molecule has 0 saturated carbocycles. The van der Waals surface area contributed by atoms with Gasteiger partial charge < -0.3 is 34.0 Å². The molecule has 4 atom stereocenters. The summed E-state index contributed by atoms with van der Waals surface area (Å²) in [5.74, 6) is -0.290. The normalized spacial score (nSPS) is 15.4. The number of allylic oxidation sites excluding steroid dienone is 2. The lowest BCUT2D eigenvalue weighted by molar-refractivity contribution is -0.870. The maximum atomic E-state index is 12.8. The number of unbranched alkanes of at least 4 members (excludes halogenated alkanes) is 19. The van der Waals surface area contributed by atoms with Gasteiger partial charge in [-0.05, 0) is 38.5 Å². The van der Waals surface area contributed by atoms with Gasteiger partial charge in [0.25, 0.3) is 7.82 Å². The van der Waals surface area contributed by atoms with Crippen LogP contribution in [0.1, 0.15) is 168 Å². The van der Waals surface area contributed by atoms with E-state index >= 15 is 0 Å². The topological polar surface area (TPSA) is 128 Å². The van der Waals surface area contributed by atoms with Crippen LogP contribution in [0, 0.1) is 0 Å². The maximum absolute atomic E-state index is 12.8. The number of rotatable bonds is 35. The van der Waals surface area contributed by atoms with E-state index in [1.807, 2.05) is 21.1 Å². The quantitative estimate of drug-likeness (QED) is 0.0262. The smallest absolute Gasteiger partial charge is 0.268 e. The molecule has 0 aromatic heterocycles. The zero-order chi connectivity index (χ0) is 35.9. The summed E-state index contributed by atoms with van der Waals surface area (Å²) in [5, 5.41) is 24.5. The van der Waals surface area contributed by atoms with Crippen LogP contribution < -0.4 is 10.2 Å². The van der Waals surface area contributed by atoms with E-state index in [0.717, 1.165) is 57.8 Å². The van der Waals surface area contributed by atoms with Crippen molar-refractivity contribution in [3.8, 4) is 0 Å². The molecule has 10 heteroatoms. The number of amides is 1. The second kappa shape index (κ2) is 31.0. The lowest BCUT2D eigenvalue weighted by Gasteiger charge is -2.31. The molecule has 0 spiro atoms. The van der Waals surface area contributed by atoms with Crippen LogP contribution in [0.15, 0.2) is 12.2 Å². The summed E-state index contributed by atoms with van der Waals surface area (Å²) < 4.78 is 23.0. The highest BCUT2D eigenvalue weighted by Crippen LogP contribution is 2.38. The first-order chi connectivity index (χ1) is 22.9. The van der Waals surface area contributed by atoms with Crippen molar-refractivity contribution in [1.82, 2.24) is 5.32 Å². The van der Waals surface area contributed by atoms with Gasteiger partial charge in [0.2, 0.25) is 5.91 Å². The van der Waals surface area contributed by atoms with Crippen molar-refractivity contribution in [3.63, 3.8) is 0 Å². The van der Waals surface area contributed by atoms with Crippen molar-refractivity contribution in [1.29, 1.82) is 0 Å². The van der Waals surface area contributed by atoms with Crippen LogP contribution in [-0.4, -0.2) is 79.8 Å². The van der Waals surface area contributed by atoms with E-state index in [1.165, 1.54) is 77.0 Å². The van der Waals surface area contributed by atoms with Gasteiger partial charge in [-0.1, -0.05) is 135 Å². The highest BCUT2D eigenvalue weighted by atomic mass is 31.2. The summed E-state index contributed by atoms with van der Waals surface area (Å²) in [6.45, 7) is 4.38. The lowest BCUT2D eigenvalue weighted by atomic mass is 9.99. The molecule has 0 aliphatic rings. The third kappa shape index (κ3) is 31.2. The first-order valence-electron chi connectivity index (χ1n) is 19.6. The third-order valence-corrected chi connectivity index (χ3v) is 9.81. The Morgan fingerprint density at radius 3 is 1.73 bits per heavy atom. The first-order valence-corrected chi connectivity index (χ1v) is 21.1. The molecule has 4 unspecified atom stereocenters. The average molecular weight is 705 g/mol. The van der Waals surface area contributed by atoms with E-state index in [-0.39, 0.29) is 18.9 Å². The molecule has 0 heterocycles.